The Morgan fingerprint density at radius 3 is 2.67 bits per heavy atom. The molecule has 1 aromatic heterocycles. The second-order valence-electron chi connectivity index (χ2n) is 4.24. The Bertz CT molecular complexity index is 537. The van der Waals surface area contributed by atoms with Crippen molar-refractivity contribution in [2.75, 3.05) is 5.43 Å². The van der Waals surface area contributed by atoms with E-state index in [1.165, 1.54) is 11.3 Å². The van der Waals surface area contributed by atoms with Crippen LogP contribution in [-0.4, -0.2) is 11.1 Å². The molecular weight excluding hydrogens is 246 g/mol. The van der Waals surface area contributed by atoms with Crippen molar-refractivity contribution >= 4 is 16.5 Å². The highest BCUT2D eigenvalue weighted by molar-refractivity contribution is 7.19. The van der Waals surface area contributed by atoms with Crippen molar-refractivity contribution in [1.82, 2.24) is 4.98 Å². The van der Waals surface area contributed by atoms with Crippen LogP contribution in [0.15, 0.2) is 24.3 Å². The minimum absolute atomic E-state index is 0.145. The van der Waals surface area contributed by atoms with Gasteiger partial charge in [-0.15, -0.1) is 0 Å². The van der Waals surface area contributed by atoms with E-state index in [-0.39, 0.29) is 6.10 Å². The van der Waals surface area contributed by atoms with Crippen molar-refractivity contribution in [2.45, 2.75) is 26.9 Å². The second kappa shape index (κ2) is 5.37. The van der Waals surface area contributed by atoms with Gasteiger partial charge in [-0.3, -0.25) is 5.43 Å². The maximum absolute atomic E-state index is 5.82. The van der Waals surface area contributed by atoms with Crippen molar-refractivity contribution in [3.05, 3.63) is 30.0 Å². The van der Waals surface area contributed by atoms with Gasteiger partial charge in [0, 0.05) is 5.56 Å². The number of nitrogens with one attached hydrogen (secondary N) is 1. The quantitative estimate of drug-likeness (QED) is 0.657. The van der Waals surface area contributed by atoms with Gasteiger partial charge in [0.1, 0.15) is 5.75 Å². The van der Waals surface area contributed by atoms with Gasteiger partial charge < -0.3 is 4.74 Å². The molecule has 0 saturated carbocycles. The molecule has 5 heteroatoms. The molecule has 0 fully saturated rings. The van der Waals surface area contributed by atoms with E-state index >= 15 is 0 Å². The van der Waals surface area contributed by atoms with Gasteiger partial charge >= 0.3 is 0 Å². The van der Waals surface area contributed by atoms with Gasteiger partial charge in [-0.1, -0.05) is 23.5 Å². The number of hydrogen-bond acceptors (Lipinski definition) is 5. The third kappa shape index (κ3) is 2.63. The zero-order valence-corrected chi connectivity index (χ0v) is 11.5. The third-order valence-corrected chi connectivity index (χ3v) is 3.54. The first kappa shape index (κ1) is 12.9. The predicted octanol–water partition coefficient (Wildman–Crippen LogP) is 3.19. The number of ether oxygens (including phenoxy) is 1. The Labute approximate surface area is 111 Å². The van der Waals surface area contributed by atoms with Crippen molar-refractivity contribution < 1.29 is 4.74 Å². The highest BCUT2D eigenvalue weighted by Gasteiger charge is 2.14. The number of aryl methyl sites for hydroxylation is 1. The number of aromatic nitrogens is 1. The number of thiazole rings is 1. The normalized spacial score (nSPS) is 10.7. The van der Waals surface area contributed by atoms with Crippen molar-refractivity contribution in [2.24, 2.45) is 5.84 Å². The molecule has 0 aliphatic carbocycles. The summed E-state index contributed by atoms with van der Waals surface area (Å²) in [5.74, 6) is 6.27. The van der Waals surface area contributed by atoms with Gasteiger partial charge in [0.15, 0.2) is 5.13 Å². The molecule has 0 unspecified atom stereocenters. The lowest BCUT2D eigenvalue weighted by molar-refractivity contribution is 0.243. The zero-order valence-electron chi connectivity index (χ0n) is 10.7. The van der Waals surface area contributed by atoms with Crippen molar-refractivity contribution in [3.8, 4) is 16.2 Å². The first-order chi connectivity index (χ1) is 8.61. The van der Waals surface area contributed by atoms with E-state index in [0.717, 1.165) is 21.9 Å². The van der Waals surface area contributed by atoms with Gasteiger partial charge in [0.2, 0.25) is 0 Å². The largest absolute Gasteiger partial charge is 0.490 e. The molecule has 2 rings (SSSR count). The number of benzene rings is 1. The fourth-order valence-corrected chi connectivity index (χ4v) is 2.63. The maximum Gasteiger partial charge on any atom is 0.197 e. The Morgan fingerprint density at radius 1 is 1.33 bits per heavy atom. The van der Waals surface area contributed by atoms with Crippen LogP contribution in [0, 0.1) is 6.92 Å². The van der Waals surface area contributed by atoms with Crippen LogP contribution in [0.4, 0.5) is 5.13 Å². The first-order valence-electron chi connectivity index (χ1n) is 5.82. The van der Waals surface area contributed by atoms with Crippen LogP contribution in [0.5, 0.6) is 5.75 Å². The average molecular weight is 263 g/mol. The number of rotatable bonds is 4. The van der Waals surface area contributed by atoms with E-state index in [9.17, 15) is 0 Å². The molecule has 0 saturated heterocycles. The molecule has 1 aromatic carbocycles. The molecule has 0 atom stereocenters. The smallest absolute Gasteiger partial charge is 0.197 e. The lowest BCUT2D eigenvalue weighted by Crippen LogP contribution is -2.06. The molecule has 18 heavy (non-hydrogen) atoms. The van der Waals surface area contributed by atoms with Crippen LogP contribution in [0.25, 0.3) is 10.4 Å². The molecule has 0 aliphatic rings. The summed E-state index contributed by atoms with van der Waals surface area (Å²) in [6, 6.07) is 7.99. The monoisotopic (exact) mass is 263 g/mol. The number of para-hydroxylation sites is 1. The van der Waals surface area contributed by atoms with Crippen LogP contribution in [-0.2, 0) is 0 Å². The minimum Gasteiger partial charge on any atom is -0.490 e. The number of anilines is 1. The predicted molar refractivity (Wildman–Crippen MR) is 75.9 cm³/mol. The summed E-state index contributed by atoms with van der Waals surface area (Å²) in [6.07, 6.45) is 0.145. The summed E-state index contributed by atoms with van der Waals surface area (Å²) in [5.41, 5.74) is 4.59. The standard InChI is InChI=1S/C13H17N3OS/c1-8(2)17-11-7-5-4-6-10(11)12-9(3)15-13(16-14)18-12/h4-8H,14H2,1-3H3,(H,15,16). The van der Waals surface area contributed by atoms with E-state index in [1.807, 2.05) is 45.0 Å². The number of nitrogens with zero attached hydrogens (tertiary/aromatic N) is 1. The Morgan fingerprint density at radius 2 is 2.06 bits per heavy atom. The highest BCUT2D eigenvalue weighted by Crippen LogP contribution is 2.38. The topological polar surface area (TPSA) is 60.2 Å². The summed E-state index contributed by atoms with van der Waals surface area (Å²) < 4.78 is 5.82. The first-order valence-corrected chi connectivity index (χ1v) is 6.63. The fraction of sp³-hybridized carbons (Fsp3) is 0.308. The third-order valence-electron chi connectivity index (χ3n) is 2.41. The van der Waals surface area contributed by atoms with Gasteiger partial charge in [0.05, 0.1) is 16.7 Å². The van der Waals surface area contributed by atoms with Gasteiger partial charge in [-0.25, -0.2) is 10.8 Å². The lowest BCUT2D eigenvalue weighted by Gasteiger charge is -2.13. The number of hydrazine groups is 1. The molecule has 0 spiro atoms. The van der Waals surface area contributed by atoms with Crippen LogP contribution in [0.2, 0.25) is 0 Å². The van der Waals surface area contributed by atoms with E-state index in [2.05, 4.69) is 10.4 Å². The molecule has 0 bridgehead atoms. The minimum atomic E-state index is 0.145. The van der Waals surface area contributed by atoms with E-state index < -0.39 is 0 Å². The van der Waals surface area contributed by atoms with Crippen molar-refractivity contribution in [3.63, 3.8) is 0 Å². The Balaban J connectivity index is 2.46. The summed E-state index contributed by atoms with van der Waals surface area (Å²) in [5, 5.41) is 0.710. The number of nitrogens with two attached hydrogens (primary N) is 1. The Kier molecular flexibility index (Phi) is 3.84. The summed E-state index contributed by atoms with van der Waals surface area (Å²) in [6.45, 7) is 6.01. The van der Waals surface area contributed by atoms with Gasteiger partial charge in [0.25, 0.3) is 0 Å². The van der Waals surface area contributed by atoms with Crippen molar-refractivity contribution in [1.29, 1.82) is 0 Å². The molecule has 4 nitrogen and oxygen atoms in total. The van der Waals surface area contributed by atoms with E-state index in [1.54, 1.807) is 0 Å². The van der Waals surface area contributed by atoms with Crippen LogP contribution in [0.3, 0.4) is 0 Å². The molecule has 96 valence electrons. The van der Waals surface area contributed by atoms with Gasteiger partial charge in [-0.2, -0.15) is 0 Å². The fourth-order valence-electron chi connectivity index (χ4n) is 1.72. The second-order valence-corrected chi connectivity index (χ2v) is 5.24. The highest BCUT2D eigenvalue weighted by atomic mass is 32.1. The number of nitrogen functional groups attached to an aromatic ring is 1. The van der Waals surface area contributed by atoms with Crippen LogP contribution >= 0.6 is 11.3 Å². The van der Waals surface area contributed by atoms with E-state index in [0.29, 0.717) is 5.13 Å². The SMILES string of the molecule is Cc1nc(NN)sc1-c1ccccc1OC(C)C. The van der Waals surface area contributed by atoms with Gasteiger partial charge in [-0.05, 0) is 32.9 Å². The zero-order chi connectivity index (χ0) is 13.1. The Hall–Kier alpha value is -1.59. The van der Waals surface area contributed by atoms with Crippen LogP contribution in [0.1, 0.15) is 19.5 Å². The van der Waals surface area contributed by atoms with Crippen LogP contribution < -0.4 is 16.0 Å². The lowest BCUT2D eigenvalue weighted by atomic mass is 10.1. The molecule has 3 N–H and O–H groups in total. The molecule has 0 aliphatic heterocycles. The average Bonchev–Trinajstić information content (AvgIpc) is 2.70. The molecule has 2 aromatic rings. The molecule has 1 heterocycles. The maximum atomic E-state index is 5.82. The molecule has 0 amide bonds. The summed E-state index contributed by atoms with van der Waals surface area (Å²) in [4.78, 5) is 5.44. The number of hydrogen-bond donors (Lipinski definition) is 2. The summed E-state index contributed by atoms with van der Waals surface area (Å²) in [7, 11) is 0. The summed E-state index contributed by atoms with van der Waals surface area (Å²) >= 11 is 1.53. The molecule has 0 radical (unpaired) electrons. The van der Waals surface area contributed by atoms with E-state index in [4.69, 9.17) is 10.6 Å². The molecular formula is C13H17N3OS.